The van der Waals surface area contributed by atoms with Gasteiger partial charge in [0.05, 0.1) is 11.9 Å². The first-order chi connectivity index (χ1) is 9.98. The Morgan fingerprint density at radius 1 is 1.29 bits per heavy atom. The topological polar surface area (TPSA) is 92.4 Å². The van der Waals surface area contributed by atoms with Crippen molar-refractivity contribution in [1.82, 2.24) is 4.72 Å². The van der Waals surface area contributed by atoms with Crippen molar-refractivity contribution >= 4 is 27.5 Å². The molecular formula is C14H22N2O3S2. The third-order valence-corrected chi connectivity index (χ3v) is 6.34. The molecule has 1 aromatic carbocycles. The minimum atomic E-state index is -3.37. The van der Waals surface area contributed by atoms with Crippen molar-refractivity contribution in [3.8, 4) is 0 Å². The maximum atomic E-state index is 12.1. The normalized spacial score (nSPS) is 23.1. The van der Waals surface area contributed by atoms with E-state index in [0.29, 0.717) is 24.3 Å². The van der Waals surface area contributed by atoms with E-state index in [2.05, 4.69) is 4.72 Å². The average molecular weight is 330 g/mol. The van der Waals surface area contributed by atoms with Gasteiger partial charge in [-0.2, -0.15) is 0 Å². The molecule has 1 aromatic rings. The molecule has 0 heterocycles. The molecular weight excluding hydrogens is 308 g/mol. The molecule has 1 saturated carbocycles. The third kappa shape index (κ3) is 5.18. The zero-order chi connectivity index (χ0) is 15.3. The van der Waals surface area contributed by atoms with Crippen molar-refractivity contribution in [2.75, 3.05) is 17.2 Å². The highest BCUT2D eigenvalue weighted by Crippen LogP contribution is 2.24. The third-order valence-electron chi connectivity index (χ3n) is 3.59. The van der Waals surface area contributed by atoms with Gasteiger partial charge >= 0.3 is 0 Å². The van der Waals surface area contributed by atoms with Gasteiger partial charge in [-0.3, -0.25) is 0 Å². The predicted octanol–water partition coefficient (Wildman–Crippen LogP) is 1.58. The highest BCUT2D eigenvalue weighted by atomic mass is 32.2. The van der Waals surface area contributed by atoms with Gasteiger partial charge in [0.25, 0.3) is 0 Å². The summed E-state index contributed by atoms with van der Waals surface area (Å²) in [6.45, 7) is 0. The van der Waals surface area contributed by atoms with Crippen LogP contribution in [-0.2, 0) is 10.0 Å². The van der Waals surface area contributed by atoms with Gasteiger partial charge in [-0.1, -0.05) is 25.0 Å². The van der Waals surface area contributed by atoms with E-state index in [0.717, 1.165) is 17.7 Å². The molecule has 5 nitrogen and oxygen atoms in total. The number of benzene rings is 1. The van der Waals surface area contributed by atoms with Crippen LogP contribution in [0.25, 0.3) is 0 Å². The van der Waals surface area contributed by atoms with E-state index in [1.807, 2.05) is 18.2 Å². The molecule has 0 saturated heterocycles. The van der Waals surface area contributed by atoms with Crippen LogP contribution in [0.1, 0.15) is 25.7 Å². The Bertz CT molecular complexity index is 563. The quantitative estimate of drug-likeness (QED) is 0.544. The molecule has 118 valence electrons. The molecule has 2 atom stereocenters. The fourth-order valence-corrected chi connectivity index (χ4v) is 5.11. The Morgan fingerprint density at radius 3 is 2.71 bits per heavy atom. The van der Waals surface area contributed by atoms with Crippen molar-refractivity contribution in [2.45, 2.75) is 42.7 Å². The van der Waals surface area contributed by atoms with Gasteiger partial charge in [0.1, 0.15) is 0 Å². The van der Waals surface area contributed by atoms with Crippen LogP contribution in [-0.4, -0.2) is 37.2 Å². The molecule has 0 spiro atoms. The Kier molecular flexibility index (Phi) is 5.92. The van der Waals surface area contributed by atoms with Crippen molar-refractivity contribution in [2.24, 2.45) is 0 Å². The van der Waals surface area contributed by atoms with Crippen LogP contribution in [0.2, 0.25) is 0 Å². The van der Waals surface area contributed by atoms with Gasteiger partial charge in [0, 0.05) is 22.4 Å². The molecule has 21 heavy (non-hydrogen) atoms. The molecule has 0 aromatic heterocycles. The fourth-order valence-electron chi connectivity index (χ4n) is 2.41. The molecule has 4 N–H and O–H groups in total. The van der Waals surface area contributed by atoms with Crippen LogP contribution in [0, 0.1) is 0 Å². The minimum Gasteiger partial charge on any atom is -0.398 e. The summed E-state index contributed by atoms with van der Waals surface area (Å²) in [6, 6.07) is 7.07. The predicted molar refractivity (Wildman–Crippen MR) is 86.8 cm³/mol. The molecule has 0 radical (unpaired) electrons. The minimum absolute atomic E-state index is 0.0230. The summed E-state index contributed by atoms with van der Waals surface area (Å²) in [5.74, 6) is 0.460. The average Bonchev–Trinajstić information content (AvgIpc) is 2.43. The van der Waals surface area contributed by atoms with Crippen LogP contribution in [0.3, 0.4) is 0 Å². The molecule has 0 amide bonds. The maximum absolute atomic E-state index is 12.1. The highest BCUT2D eigenvalue weighted by Gasteiger charge is 2.26. The SMILES string of the molecule is Nc1ccccc1SCCS(=O)(=O)N[C@H]1CCCC[C@@H]1O. The van der Waals surface area contributed by atoms with Crippen molar-refractivity contribution < 1.29 is 13.5 Å². The smallest absolute Gasteiger partial charge is 0.212 e. The Hall–Kier alpha value is -0.760. The number of nitrogens with two attached hydrogens (primary N) is 1. The first-order valence-corrected chi connectivity index (χ1v) is 9.77. The number of aliphatic hydroxyl groups is 1. The second-order valence-corrected chi connectivity index (χ2v) is 8.29. The lowest BCUT2D eigenvalue weighted by Gasteiger charge is -2.28. The van der Waals surface area contributed by atoms with E-state index >= 15 is 0 Å². The van der Waals surface area contributed by atoms with Crippen LogP contribution in [0.15, 0.2) is 29.2 Å². The number of anilines is 1. The lowest BCUT2D eigenvalue weighted by molar-refractivity contribution is 0.101. The standard InChI is InChI=1S/C14H22N2O3S2/c15-11-5-1-4-8-14(11)20-9-10-21(18,19)16-12-6-2-3-7-13(12)17/h1,4-5,8,12-13,16-17H,2-3,6-7,9-10,15H2/t12-,13-/m0/s1. The summed E-state index contributed by atoms with van der Waals surface area (Å²) in [5, 5.41) is 9.82. The van der Waals surface area contributed by atoms with Gasteiger partial charge in [-0.25, -0.2) is 13.1 Å². The zero-order valence-electron chi connectivity index (χ0n) is 11.9. The van der Waals surface area contributed by atoms with Gasteiger partial charge in [-0.05, 0) is 25.0 Å². The van der Waals surface area contributed by atoms with Gasteiger partial charge in [-0.15, -0.1) is 11.8 Å². The number of hydrogen-bond donors (Lipinski definition) is 3. The summed E-state index contributed by atoms with van der Waals surface area (Å²) in [5.41, 5.74) is 6.48. The summed E-state index contributed by atoms with van der Waals surface area (Å²) in [6.07, 6.45) is 2.73. The van der Waals surface area contributed by atoms with Gasteiger partial charge in [0.2, 0.25) is 10.0 Å². The molecule has 1 aliphatic carbocycles. The molecule has 1 aliphatic rings. The Morgan fingerprint density at radius 2 is 2.00 bits per heavy atom. The van der Waals surface area contributed by atoms with Crippen LogP contribution < -0.4 is 10.5 Å². The van der Waals surface area contributed by atoms with Crippen molar-refractivity contribution in [1.29, 1.82) is 0 Å². The van der Waals surface area contributed by atoms with E-state index in [4.69, 9.17) is 5.73 Å². The number of sulfonamides is 1. The summed E-state index contributed by atoms with van der Waals surface area (Å²) in [4.78, 5) is 0.894. The van der Waals surface area contributed by atoms with E-state index in [9.17, 15) is 13.5 Å². The molecule has 7 heteroatoms. The lowest BCUT2D eigenvalue weighted by Crippen LogP contribution is -2.46. The van der Waals surface area contributed by atoms with Crippen molar-refractivity contribution in [3.63, 3.8) is 0 Å². The Balaban J connectivity index is 1.82. The van der Waals surface area contributed by atoms with Gasteiger partial charge < -0.3 is 10.8 Å². The van der Waals surface area contributed by atoms with Crippen molar-refractivity contribution in [3.05, 3.63) is 24.3 Å². The number of thioether (sulfide) groups is 1. The van der Waals surface area contributed by atoms with Crippen LogP contribution in [0.5, 0.6) is 0 Å². The van der Waals surface area contributed by atoms with E-state index in [1.165, 1.54) is 11.8 Å². The lowest BCUT2D eigenvalue weighted by atomic mass is 9.93. The summed E-state index contributed by atoms with van der Waals surface area (Å²) < 4.78 is 26.7. The summed E-state index contributed by atoms with van der Waals surface area (Å²) in [7, 11) is -3.37. The second kappa shape index (κ2) is 7.49. The number of para-hydroxylation sites is 1. The highest BCUT2D eigenvalue weighted by molar-refractivity contribution is 8.00. The summed E-state index contributed by atoms with van der Waals surface area (Å²) >= 11 is 1.43. The van der Waals surface area contributed by atoms with Gasteiger partial charge in [0.15, 0.2) is 0 Å². The monoisotopic (exact) mass is 330 g/mol. The number of rotatable bonds is 6. The number of nitrogens with one attached hydrogen (secondary N) is 1. The zero-order valence-corrected chi connectivity index (χ0v) is 13.5. The molecule has 0 aliphatic heterocycles. The van der Waals surface area contributed by atoms with E-state index in [-0.39, 0.29) is 11.8 Å². The molecule has 2 rings (SSSR count). The Labute approximate surface area is 130 Å². The van der Waals surface area contributed by atoms with Crippen LogP contribution >= 0.6 is 11.8 Å². The van der Waals surface area contributed by atoms with E-state index in [1.54, 1.807) is 6.07 Å². The first kappa shape index (κ1) is 16.6. The second-order valence-electron chi connectivity index (χ2n) is 5.28. The molecule has 0 unspecified atom stereocenters. The maximum Gasteiger partial charge on any atom is 0.212 e. The number of nitrogen functional groups attached to an aromatic ring is 1. The first-order valence-electron chi connectivity index (χ1n) is 7.13. The van der Waals surface area contributed by atoms with E-state index < -0.39 is 16.1 Å². The van der Waals surface area contributed by atoms with Crippen LogP contribution in [0.4, 0.5) is 5.69 Å². The molecule has 1 fully saturated rings. The largest absolute Gasteiger partial charge is 0.398 e. The number of hydrogen-bond acceptors (Lipinski definition) is 5. The number of aliphatic hydroxyl groups excluding tert-OH is 1. The fraction of sp³-hybridized carbons (Fsp3) is 0.571. The molecule has 0 bridgehead atoms.